The highest BCUT2D eigenvalue weighted by molar-refractivity contribution is 9.10. The third-order valence-electron chi connectivity index (χ3n) is 6.85. The molecule has 0 radical (unpaired) electrons. The van der Waals surface area contributed by atoms with Crippen molar-refractivity contribution in [3.05, 3.63) is 38.2 Å². The number of nitrogens with one attached hydrogen (secondary N) is 2. The van der Waals surface area contributed by atoms with Crippen molar-refractivity contribution in [2.45, 2.75) is 52.6 Å². The second-order valence-corrected chi connectivity index (χ2v) is 10.7. The molecule has 0 spiro atoms. The maximum Gasteiger partial charge on any atom is 0.256 e. The van der Waals surface area contributed by atoms with Crippen molar-refractivity contribution in [2.24, 2.45) is 11.3 Å². The monoisotopic (exact) mass is 492 g/mol. The number of amides is 1. The summed E-state index contributed by atoms with van der Waals surface area (Å²) in [5.74, 6) is 1.93. The molecule has 1 aromatic carbocycles. The molecule has 2 N–H and O–H groups in total. The van der Waals surface area contributed by atoms with E-state index in [1.807, 2.05) is 12.1 Å². The third-order valence-corrected chi connectivity index (χ3v) is 8.62. The van der Waals surface area contributed by atoms with Gasteiger partial charge in [-0.1, -0.05) is 27.2 Å². The first kappa shape index (κ1) is 21.5. The standard InChI is InChI=1S/C23H29BrN2O3S/c1-6-23(2,3)13-7-8-14-17(11-13)30-22-18(14)21(27)25-20(26-22)12-9-15(24)19(29-5)16(10-12)28-4/h9-10,13,20,26H,6-8,11H2,1-5H3,(H,25,27)/t13-,20+/m0/s1. The minimum Gasteiger partial charge on any atom is -0.493 e. The summed E-state index contributed by atoms with van der Waals surface area (Å²) in [7, 11) is 3.22. The summed E-state index contributed by atoms with van der Waals surface area (Å²) in [5.41, 5.74) is 3.33. The highest BCUT2D eigenvalue weighted by Crippen LogP contribution is 2.47. The largest absolute Gasteiger partial charge is 0.493 e. The van der Waals surface area contributed by atoms with Crippen LogP contribution in [0.3, 0.4) is 0 Å². The summed E-state index contributed by atoms with van der Waals surface area (Å²) in [5, 5.41) is 7.67. The van der Waals surface area contributed by atoms with Crippen molar-refractivity contribution < 1.29 is 14.3 Å². The Labute approximate surface area is 190 Å². The minimum atomic E-state index is -0.316. The molecular weight excluding hydrogens is 464 g/mol. The second-order valence-electron chi connectivity index (χ2n) is 8.78. The van der Waals surface area contributed by atoms with Crippen LogP contribution in [0.2, 0.25) is 0 Å². The number of rotatable bonds is 5. The van der Waals surface area contributed by atoms with E-state index in [2.05, 4.69) is 47.3 Å². The molecular formula is C23H29BrN2O3S. The molecule has 1 amide bonds. The van der Waals surface area contributed by atoms with Crippen LogP contribution in [0, 0.1) is 11.3 Å². The van der Waals surface area contributed by atoms with Crippen molar-refractivity contribution in [3.8, 4) is 11.5 Å². The number of halogens is 1. The third kappa shape index (κ3) is 3.60. The zero-order chi connectivity index (χ0) is 21.6. The second kappa shape index (κ2) is 8.08. The molecule has 2 heterocycles. The van der Waals surface area contributed by atoms with Gasteiger partial charge in [0, 0.05) is 4.88 Å². The summed E-state index contributed by atoms with van der Waals surface area (Å²) >= 11 is 5.30. The summed E-state index contributed by atoms with van der Waals surface area (Å²) in [6.45, 7) is 7.01. The van der Waals surface area contributed by atoms with E-state index in [0.29, 0.717) is 22.8 Å². The summed E-state index contributed by atoms with van der Waals surface area (Å²) in [6.07, 6.45) is 4.06. The summed E-state index contributed by atoms with van der Waals surface area (Å²) < 4.78 is 11.7. The van der Waals surface area contributed by atoms with Gasteiger partial charge in [-0.15, -0.1) is 11.3 Å². The molecule has 5 nitrogen and oxygen atoms in total. The lowest BCUT2D eigenvalue weighted by Crippen LogP contribution is -2.38. The molecule has 0 fully saturated rings. The Bertz CT molecular complexity index is 985. The van der Waals surface area contributed by atoms with Crippen LogP contribution in [0.15, 0.2) is 16.6 Å². The van der Waals surface area contributed by atoms with Crippen LogP contribution in [0.25, 0.3) is 0 Å². The molecule has 0 unspecified atom stereocenters. The van der Waals surface area contributed by atoms with E-state index in [1.165, 1.54) is 16.9 Å². The molecule has 162 valence electrons. The predicted molar refractivity (Wildman–Crippen MR) is 125 cm³/mol. The zero-order valence-electron chi connectivity index (χ0n) is 18.1. The molecule has 1 aromatic heterocycles. The van der Waals surface area contributed by atoms with E-state index in [4.69, 9.17) is 9.47 Å². The highest BCUT2D eigenvalue weighted by Gasteiger charge is 2.37. The molecule has 2 atom stereocenters. The van der Waals surface area contributed by atoms with Gasteiger partial charge in [-0.25, -0.2) is 0 Å². The van der Waals surface area contributed by atoms with Gasteiger partial charge in [-0.05, 0) is 69.8 Å². The van der Waals surface area contributed by atoms with Crippen molar-refractivity contribution in [2.75, 3.05) is 19.5 Å². The smallest absolute Gasteiger partial charge is 0.256 e. The van der Waals surface area contributed by atoms with Crippen LogP contribution in [-0.4, -0.2) is 20.1 Å². The van der Waals surface area contributed by atoms with Crippen molar-refractivity contribution in [1.82, 2.24) is 5.32 Å². The Morgan fingerprint density at radius 2 is 2.00 bits per heavy atom. The van der Waals surface area contributed by atoms with E-state index in [9.17, 15) is 4.79 Å². The first-order valence-electron chi connectivity index (χ1n) is 10.4. The Hall–Kier alpha value is -1.73. The summed E-state index contributed by atoms with van der Waals surface area (Å²) in [4.78, 5) is 14.5. The zero-order valence-corrected chi connectivity index (χ0v) is 20.6. The van der Waals surface area contributed by atoms with Gasteiger partial charge < -0.3 is 20.1 Å². The number of hydrogen-bond donors (Lipinski definition) is 2. The first-order chi connectivity index (χ1) is 14.3. The molecule has 1 aliphatic heterocycles. The molecule has 30 heavy (non-hydrogen) atoms. The highest BCUT2D eigenvalue weighted by atomic mass is 79.9. The number of ether oxygens (including phenoxy) is 2. The average Bonchev–Trinajstić information content (AvgIpc) is 3.11. The number of carbonyl (C=O) groups excluding carboxylic acids is 1. The van der Waals surface area contributed by atoms with E-state index in [0.717, 1.165) is 39.9 Å². The number of anilines is 1. The van der Waals surface area contributed by atoms with E-state index in [-0.39, 0.29) is 12.1 Å². The van der Waals surface area contributed by atoms with Gasteiger partial charge in [0.15, 0.2) is 11.5 Å². The molecule has 7 heteroatoms. The van der Waals surface area contributed by atoms with Gasteiger partial charge >= 0.3 is 0 Å². The number of thiophene rings is 1. The molecule has 0 bridgehead atoms. The Balaban J connectivity index is 1.65. The lowest BCUT2D eigenvalue weighted by atomic mass is 9.69. The van der Waals surface area contributed by atoms with Crippen LogP contribution >= 0.6 is 27.3 Å². The number of carbonyl (C=O) groups is 1. The van der Waals surface area contributed by atoms with Crippen molar-refractivity contribution in [1.29, 1.82) is 0 Å². The first-order valence-corrected chi connectivity index (χ1v) is 12.0. The van der Waals surface area contributed by atoms with Gasteiger partial charge in [0.1, 0.15) is 11.2 Å². The maximum absolute atomic E-state index is 13.1. The van der Waals surface area contributed by atoms with Gasteiger partial charge in [0.2, 0.25) is 0 Å². The minimum absolute atomic E-state index is 0.00496. The Kier molecular flexibility index (Phi) is 5.79. The maximum atomic E-state index is 13.1. The SMILES string of the molecule is CCC(C)(C)[C@H]1CCc2c(sc3c2C(=O)N[C@@H](c2cc(Br)c(OC)c(OC)c2)N3)C1. The number of methoxy groups -OCH3 is 2. The molecule has 0 saturated heterocycles. The number of fused-ring (bicyclic) bond motifs is 3. The van der Waals surface area contributed by atoms with Crippen LogP contribution in [0.5, 0.6) is 11.5 Å². The number of benzene rings is 1. The van der Waals surface area contributed by atoms with E-state index in [1.54, 1.807) is 25.6 Å². The summed E-state index contributed by atoms with van der Waals surface area (Å²) in [6, 6.07) is 3.86. The average molecular weight is 493 g/mol. The van der Waals surface area contributed by atoms with Crippen LogP contribution in [0.1, 0.15) is 66.1 Å². The fourth-order valence-electron chi connectivity index (χ4n) is 4.53. The predicted octanol–water partition coefficient (Wildman–Crippen LogP) is 5.92. The molecule has 2 aliphatic rings. The molecule has 2 aromatic rings. The van der Waals surface area contributed by atoms with Crippen LogP contribution in [-0.2, 0) is 12.8 Å². The van der Waals surface area contributed by atoms with Crippen molar-refractivity contribution >= 4 is 38.2 Å². The Morgan fingerprint density at radius 3 is 2.67 bits per heavy atom. The normalized spacial score (nSPS) is 20.7. The van der Waals surface area contributed by atoms with E-state index >= 15 is 0 Å². The van der Waals surface area contributed by atoms with Crippen molar-refractivity contribution in [3.63, 3.8) is 0 Å². The quantitative estimate of drug-likeness (QED) is 0.543. The molecule has 4 rings (SSSR count). The molecule has 0 saturated carbocycles. The fraction of sp³-hybridized carbons (Fsp3) is 0.522. The molecule has 1 aliphatic carbocycles. The van der Waals surface area contributed by atoms with E-state index < -0.39 is 0 Å². The number of hydrogen-bond acceptors (Lipinski definition) is 5. The van der Waals surface area contributed by atoms with Crippen LogP contribution in [0.4, 0.5) is 5.00 Å². The van der Waals surface area contributed by atoms with Gasteiger partial charge in [0.05, 0.1) is 24.3 Å². The lowest BCUT2D eigenvalue weighted by Gasteiger charge is -2.36. The Morgan fingerprint density at radius 1 is 1.23 bits per heavy atom. The van der Waals surface area contributed by atoms with Gasteiger partial charge in [0.25, 0.3) is 5.91 Å². The topological polar surface area (TPSA) is 59.6 Å². The van der Waals surface area contributed by atoms with Gasteiger partial charge in [-0.3, -0.25) is 4.79 Å². The fourth-order valence-corrected chi connectivity index (χ4v) is 6.50. The van der Waals surface area contributed by atoms with Crippen LogP contribution < -0.4 is 20.1 Å². The van der Waals surface area contributed by atoms with Gasteiger partial charge in [-0.2, -0.15) is 0 Å². The lowest BCUT2D eigenvalue weighted by molar-refractivity contribution is 0.0934.